The molecule has 4 nitrogen and oxygen atoms in total. The standard InChI is InChI=1S/C17H20N2O2/c1-17(2,3)12-5-4-6-14(11-12)19-16(21)18-13-7-9-15(20)10-8-13/h4-11,20H,1-3H3,(H2,18,19,21). The van der Waals surface area contributed by atoms with Crippen molar-refractivity contribution in [2.45, 2.75) is 26.2 Å². The molecule has 0 aliphatic carbocycles. The van der Waals surface area contributed by atoms with Crippen molar-refractivity contribution < 1.29 is 9.90 Å². The van der Waals surface area contributed by atoms with Crippen LogP contribution in [0.4, 0.5) is 16.2 Å². The lowest BCUT2D eigenvalue weighted by atomic mass is 9.87. The van der Waals surface area contributed by atoms with E-state index in [1.54, 1.807) is 12.1 Å². The van der Waals surface area contributed by atoms with Crippen LogP contribution >= 0.6 is 0 Å². The highest BCUT2D eigenvalue weighted by atomic mass is 16.3. The number of phenolic OH excluding ortho intramolecular Hbond substituents is 1. The van der Waals surface area contributed by atoms with Crippen LogP contribution in [-0.2, 0) is 5.41 Å². The minimum Gasteiger partial charge on any atom is -0.508 e. The van der Waals surface area contributed by atoms with Gasteiger partial charge in [0.15, 0.2) is 0 Å². The molecule has 2 rings (SSSR count). The summed E-state index contributed by atoms with van der Waals surface area (Å²) >= 11 is 0. The van der Waals surface area contributed by atoms with E-state index in [9.17, 15) is 9.90 Å². The molecule has 0 aliphatic heterocycles. The molecule has 0 aromatic heterocycles. The first-order chi connectivity index (χ1) is 9.84. The summed E-state index contributed by atoms with van der Waals surface area (Å²) in [6.45, 7) is 6.38. The molecule has 4 heteroatoms. The first-order valence-corrected chi connectivity index (χ1v) is 6.82. The highest BCUT2D eigenvalue weighted by molar-refractivity contribution is 5.99. The summed E-state index contributed by atoms with van der Waals surface area (Å²) in [6.07, 6.45) is 0. The Labute approximate surface area is 124 Å². The molecule has 0 aliphatic rings. The van der Waals surface area contributed by atoms with Gasteiger partial charge >= 0.3 is 6.03 Å². The number of phenols is 1. The molecule has 0 unspecified atom stereocenters. The Hall–Kier alpha value is -2.49. The van der Waals surface area contributed by atoms with Crippen molar-refractivity contribution in [1.29, 1.82) is 0 Å². The zero-order valence-electron chi connectivity index (χ0n) is 12.5. The molecule has 0 saturated heterocycles. The van der Waals surface area contributed by atoms with Gasteiger partial charge in [0.2, 0.25) is 0 Å². The van der Waals surface area contributed by atoms with E-state index in [1.807, 2.05) is 24.3 Å². The SMILES string of the molecule is CC(C)(C)c1cccc(NC(=O)Nc2ccc(O)cc2)c1. The molecule has 0 heterocycles. The third kappa shape index (κ3) is 4.24. The maximum absolute atomic E-state index is 11.9. The number of hydrogen-bond donors (Lipinski definition) is 3. The predicted molar refractivity (Wildman–Crippen MR) is 85.9 cm³/mol. The molecule has 21 heavy (non-hydrogen) atoms. The van der Waals surface area contributed by atoms with E-state index in [2.05, 4.69) is 31.4 Å². The van der Waals surface area contributed by atoms with Crippen molar-refractivity contribution in [3.63, 3.8) is 0 Å². The number of anilines is 2. The van der Waals surface area contributed by atoms with Crippen LogP contribution in [0.3, 0.4) is 0 Å². The maximum atomic E-state index is 11.9. The third-order valence-electron chi connectivity index (χ3n) is 3.11. The van der Waals surface area contributed by atoms with Crippen LogP contribution in [0.25, 0.3) is 0 Å². The topological polar surface area (TPSA) is 61.4 Å². The number of carbonyl (C=O) groups excluding carboxylic acids is 1. The van der Waals surface area contributed by atoms with E-state index in [-0.39, 0.29) is 17.2 Å². The average Bonchev–Trinajstić information content (AvgIpc) is 2.41. The summed E-state index contributed by atoms with van der Waals surface area (Å²) in [6, 6.07) is 13.8. The Bertz CT molecular complexity index is 628. The fourth-order valence-corrected chi connectivity index (χ4v) is 1.90. The second kappa shape index (κ2) is 5.87. The van der Waals surface area contributed by atoms with Gasteiger partial charge in [-0.25, -0.2) is 4.79 Å². The monoisotopic (exact) mass is 284 g/mol. The predicted octanol–water partition coefficient (Wildman–Crippen LogP) is 4.33. The first kappa shape index (κ1) is 14.9. The average molecular weight is 284 g/mol. The zero-order chi connectivity index (χ0) is 15.5. The first-order valence-electron chi connectivity index (χ1n) is 6.82. The third-order valence-corrected chi connectivity index (χ3v) is 3.11. The number of aromatic hydroxyl groups is 1. The number of urea groups is 1. The molecular formula is C17H20N2O2. The van der Waals surface area contributed by atoms with E-state index < -0.39 is 0 Å². The van der Waals surface area contributed by atoms with Crippen LogP contribution in [-0.4, -0.2) is 11.1 Å². The number of rotatable bonds is 2. The van der Waals surface area contributed by atoms with Crippen molar-refractivity contribution in [2.24, 2.45) is 0 Å². The minimum atomic E-state index is -0.313. The maximum Gasteiger partial charge on any atom is 0.323 e. The van der Waals surface area contributed by atoms with Crippen LogP contribution in [0.5, 0.6) is 5.75 Å². The van der Waals surface area contributed by atoms with Gasteiger partial charge in [-0.3, -0.25) is 0 Å². The molecule has 3 N–H and O–H groups in total. The van der Waals surface area contributed by atoms with Gasteiger partial charge < -0.3 is 15.7 Å². The molecule has 2 aromatic rings. The summed E-state index contributed by atoms with van der Waals surface area (Å²) in [4.78, 5) is 11.9. The summed E-state index contributed by atoms with van der Waals surface area (Å²) in [7, 11) is 0. The van der Waals surface area contributed by atoms with E-state index in [0.717, 1.165) is 11.3 Å². The quantitative estimate of drug-likeness (QED) is 0.719. The Morgan fingerprint density at radius 1 is 0.952 bits per heavy atom. The summed E-state index contributed by atoms with van der Waals surface area (Å²) in [5.41, 5.74) is 2.56. The number of benzene rings is 2. The number of amides is 2. The van der Waals surface area contributed by atoms with E-state index in [4.69, 9.17) is 0 Å². The second-order valence-electron chi connectivity index (χ2n) is 5.96. The highest BCUT2D eigenvalue weighted by Gasteiger charge is 2.14. The van der Waals surface area contributed by atoms with Crippen LogP contribution in [0, 0.1) is 0 Å². The molecule has 0 spiro atoms. The minimum absolute atomic E-state index is 0.0329. The molecule has 0 fully saturated rings. The van der Waals surface area contributed by atoms with Crippen LogP contribution < -0.4 is 10.6 Å². The Morgan fingerprint density at radius 2 is 1.57 bits per heavy atom. The van der Waals surface area contributed by atoms with Gasteiger partial charge in [-0.2, -0.15) is 0 Å². The Morgan fingerprint density at radius 3 is 2.19 bits per heavy atom. The number of carbonyl (C=O) groups is 1. The molecule has 2 aromatic carbocycles. The molecule has 0 saturated carbocycles. The van der Waals surface area contributed by atoms with Crippen LogP contribution in [0.1, 0.15) is 26.3 Å². The van der Waals surface area contributed by atoms with Crippen molar-refractivity contribution >= 4 is 17.4 Å². The highest BCUT2D eigenvalue weighted by Crippen LogP contribution is 2.24. The van der Waals surface area contributed by atoms with Crippen molar-refractivity contribution in [2.75, 3.05) is 10.6 Å². The largest absolute Gasteiger partial charge is 0.508 e. The number of hydrogen-bond acceptors (Lipinski definition) is 2. The second-order valence-corrected chi connectivity index (χ2v) is 5.96. The van der Waals surface area contributed by atoms with Crippen LogP contribution in [0.15, 0.2) is 48.5 Å². The summed E-state index contributed by atoms with van der Waals surface area (Å²) < 4.78 is 0. The molecule has 110 valence electrons. The van der Waals surface area contributed by atoms with Gasteiger partial charge in [0.25, 0.3) is 0 Å². The van der Waals surface area contributed by atoms with Crippen molar-refractivity contribution in [3.8, 4) is 5.75 Å². The molecule has 2 amide bonds. The molecule has 0 radical (unpaired) electrons. The normalized spacial score (nSPS) is 11.0. The number of nitrogens with one attached hydrogen (secondary N) is 2. The fourth-order valence-electron chi connectivity index (χ4n) is 1.90. The summed E-state index contributed by atoms with van der Waals surface area (Å²) in [5, 5.41) is 14.7. The lowest BCUT2D eigenvalue weighted by Crippen LogP contribution is -2.20. The van der Waals surface area contributed by atoms with Crippen molar-refractivity contribution in [3.05, 3.63) is 54.1 Å². The van der Waals surface area contributed by atoms with Gasteiger partial charge in [-0.1, -0.05) is 32.9 Å². The van der Waals surface area contributed by atoms with E-state index in [1.165, 1.54) is 12.1 Å². The van der Waals surface area contributed by atoms with Gasteiger partial charge in [-0.15, -0.1) is 0 Å². The van der Waals surface area contributed by atoms with Crippen molar-refractivity contribution in [1.82, 2.24) is 0 Å². The van der Waals surface area contributed by atoms with Gasteiger partial charge in [0, 0.05) is 11.4 Å². The molecular weight excluding hydrogens is 264 g/mol. The lowest BCUT2D eigenvalue weighted by molar-refractivity contribution is 0.262. The van der Waals surface area contributed by atoms with Gasteiger partial charge in [-0.05, 0) is 47.4 Å². The Kier molecular flexibility index (Phi) is 4.17. The fraction of sp³-hybridized carbons (Fsp3) is 0.235. The summed E-state index contributed by atoms with van der Waals surface area (Å²) in [5.74, 6) is 0.166. The molecule has 0 bridgehead atoms. The van der Waals surface area contributed by atoms with Crippen LogP contribution in [0.2, 0.25) is 0 Å². The lowest BCUT2D eigenvalue weighted by Gasteiger charge is -2.20. The smallest absolute Gasteiger partial charge is 0.323 e. The zero-order valence-corrected chi connectivity index (χ0v) is 12.5. The van der Waals surface area contributed by atoms with E-state index >= 15 is 0 Å². The van der Waals surface area contributed by atoms with Gasteiger partial charge in [0.1, 0.15) is 5.75 Å². The Balaban J connectivity index is 2.04. The van der Waals surface area contributed by atoms with Gasteiger partial charge in [0.05, 0.1) is 0 Å². The molecule has 0 atom stereocenters. The van der Waals surface area contributed by atoms with E-state index in [0.29, 0.717) is 5.69 Å².